The fourth-order valence-electron chi connectivity index (χ4n) is 5.67. The van der Waals surface area contributed by atoms with Gasteiger partial charge in [-0.3, -0.25) is 14.5 Å². The molecule has 1 aromatic rings. The number of nitrogens with zero attached hydrogens (tertiary/aromatic N) is 4. The Morgan fingerprint density at radius 3 is 2.74 bits per heavy atom. The van der Waals surface area contributed by atoms with Crippen LogP contribution in [-0.2, 0) is 19.2 Å². The number of aliphatic carboxylic acids is 1. The van der Waals surface area contributed by atoms with Gasteiger partial charge in [-0.15, -0.1) is 23.1 Å². The Kier molecular flexibility index (Phi) is 6.23. The molecule has 188 valence electrons. The van der Waals surface area contributed by atoms with Gasteiger partial charge in [0.05, 0.1) is 37.3 Å². The maximum absolute atomic E-state index is 13.1. The van der Waals surface area contributed by atoms with Crippen LogP contribution in [0.3, 0.4) is 0 Å². The molecular weight excluding hydrogens is 494 g/mol. The third-order valence-electron chi connectivity index (χ3n) is 7.37. The predicted octanol–water partition coefficient (Wildman–Crippen LogP) is -1.95. The summed E-state index contributed by atoms with van der Waals surface area (Å²) >= 11 is 2.57. The fraction of sp³-hybridized carbons (Fsp3) is 0.571. The molecule has 0 aliphatic carbocycles. The van der Waals surface area contributed by atoms with Crippen LogP contribution in [0.2, 0.25) is 0 Å². The normalized spacial score (nSPS) is 32.2. The first-order valence-electron chi connectivity index (χ1n) is 11.3. The number of anilines is 1. The fourth-order valence-corrected chi connectivity index (χ4v) is 7.55. The summed E-state index contributed by atoms with van der Waals surface area (Å²) in [6.45, 7) is 3.29. The second-order valence-corrected chi connectivity index (χ2v) is 11.4. The third kappa shape index (κ3) is 4.17. The molecule has 3 atom stereocenters. The number of carbonyl (C=O) groups is 3. The summed E-state index contributed by atoms with van der Waals surface area (Å²) in [4.78, 5) is 48.2. The number of piperidine rings is 3. The number of oxime groups is 1. The number of aromatic nitrogens is 1. The zero-order chi connectivity index (χ0) is 24.9. The molecule has 5 N–H and O–H groups in total. The third-order valence-corrected chi connectivity index (χ3v) is 9.38. The molecule has 14 heteroatoms. The van der Waals surface area contributed by atoms with Crippen molar-refractivity contribution in [3.8, 4) is 0 Å². The number of carboxylic acids is 1. The number of carboxylic acid groups (broad SMARTS) is 1. The molecule has 2 amide bonds. The van der Waals surface area contributed by atoms with E-state index in [0.717, 1.165) is 48.3 Å². The molecule has 35 heavy (non-hydrogen) atoms. The van der Waals surface area contributed by atoms with Crippen molar-refractivity contribution in [2.24, 2.45) is 16.8 Å². The summed E-state index contributed by atoms with van der Waals surface area (Å²) in [5.41, 5.74) is 12.7. The highest BCUT2D eigenvalue weighted by Crippen LogP contribution is 2.42. The van der Waals surface area contributed by atoms with Crippen LogP contribution in [0.15, 0.2) is 21.8 Å². The van der Waals surface area contributed by atoms with Crippen LogP contribution in [0.25, 0.3) is 0 Å². The molecule has 1 aromatic heterocycles. The first-order valence-corrected chi connectivity index (χ1v) is 13.3. The lowest BCUT2D eigenvalue weighted by Gasteiger charge is -2.54. The Morgan fingerprint density at radius 1 is 1.40 bits per heavy atom. The van der Waals surface area contributed by atoms with E-state index < -0.39 is 29.2 Å². The molecule has 1 unspecified atom stereocenters. The zero-order valence-corrected chi connectivity index (χ0v) is 20.8. The van der Waals surface area contributed by atoms with E-state index in [1.54, 1.807) is 5.38 Å². The molecule has 12 nitrogen and oxygen atoms in total. The number of hydrogen-bond donors (Lipinski definition) is 3. The second kappa shape index (κ2) is 9.08. The molecular formula is C21H27N7O5S2. The van der Waals surface area contributed by atoms with Gasteiger partial charge in [0.25, 0.3) is 11.8 Å². The molecule has 0 spiro atoms. The Balaban J connectivity index is 1.34. The van der Waals surface area contributed by atoms with Crippen LogP contribution >= 0.6 is 23.1 Å². The van der Waals surface area contributed by atoms with Crippen molar-refractivity contribution >= 4 is 51.7 Å². The highest BCUT2D eigenvalue weighted by molar-refractivity contribution is 8.00. The Labute approximate surface area is 209 Å². The molecule has 2 bridgehead atoms. The van der Waals surface area contributed by atoms with Gasteiger partial charge in [-0.25, -0.2) is 4.98 Å². The average Bonchev–Trinajstić information content (AvgIpc) is 3.26. The number of fused-ring (bicyclic) bond motifs is 4. The monoisotopic (exact) mass is 521 g/mol. The number of amides is 2. The van der Waals surface area contributed by atoms with Crippen LogP contribution in [0.4, 0.5) is 5.13 Å². The molecule has 6 rings (SSSR count). The largest absolute Gasteiger partial charge is 0.543 e. The van der Waals surface area contributed by atoms with Crippen LogP contribution in [0.5, 0.6) is 0 Å². The molecule has 6 heterocycles. The van der Waals surface area contributed by atoms with E-state index in [4.69, 9.17) is 16.3 Å². The zero-order valence-electron chi connectivity index (χ0n) is 19.1. The van der Waals surface area contributed by atoms with Gasteiger partial charge in [0, 0.05) is 29.5 Å². The predicted molar refractivity (Wildman–Crippen MR) is 128 cm³/mol. The van der Waals surface area contributed by atoms with E-state index in [1.165, 1.54) is 23.8 Å². The van der Waals surface area contributed by atoms with Crippen molar-refractivity contribution in [2.75, 3.05) is 44.8 Å². The van der Waals surface area contributed by atoms with Crippen molar-refractivity contribution < 1.29 is 28.8 Å². The van der Waals surface area contributed by atoms with Crippen molar-refractivity contribution in [3.05, 3.63) is 22.3 Å². The minimum Gasteiger partial charge on any atom is -0.543 e. The summed E-state index contributed by atoms with van der Waals surface area (Å²) in [5.74, 6) is -1.56. The van der Waals surface area contributed by atoms with E-state index in [-0.39, 0.29) is 28.3 Å². The number of rotatable bonds is 7. The molecule has 0 aromatic carbocycles. The first-order chi connectivity index (χ1) is 16.7. The van der Waals surface area contributed by atoms with E-state index in [2.05, 4.69) is 15.5 Å². The van der Waals surface area contributed by atoms with Gasteiger partial charge in [0.15, 0.2) is 10.8 Å². The quantitative estimate of drug-likeness (QED) is 0.159. The maximum Gasteiger partial charge on any atom is 0.276 e. The van der Waals surface area contributed by atoms with E-state index >= 15 is 0 Å². The van der Waals surface area contributed by atoms with Crippen molar-refractivity contribution in [3.63, 3.8) is 0 Å². The number of hydrogen-bond acceptors (Lipinski definition) is 11. The Morgan fingerprint density at radius 2 is 2.14 bits per heavy atom. The molecule has 4 saturated heterocycles. The molecule has 0 saturated carbocycles. The van der Waals surface area contributed by atoms with Gasteiger partial charge in [-0.1, -0.05) is 5.16 Å². The van der Waals surface area contributed by atoms with Crippen LogP contribution < -0.4 is 21.9 Å². The standard InChI is InChI=1S/C21H27N7O5S2/c1-33-26-14(13-9-35-21(23)24-13)17(29)25-15-18(30)27-16(20(31)32)11(8-34-19(15)27)6-28-4-2-10(3-5-28)12(22)7-28/h9-10,12,15,19H,2-8,22H2,1H3,(H3-,23,24,25,29,31,32)/b26-14-/t10?,12?,15-,19-,28?/m1/s1. The highest BCUT2D eigenvalue weighted by Gasteiger charge is 2.54. The lowest BCUT2D eigenvalue weighted by molar-refractivity contribution is -0.939. The number of quaternary nitrogens is 1. The number of β-lactam (4-membered cyclic amide) rings is 1. The summed E-state index contributed by atoms with van der Waals surface area (Å²) in [5, 5.41) is 19.8. The first kappa shape index (κ1) is 24.0. The smallest absolute Gasteiger partial charge is 0.276 e. The van der Waals surface area contributed by atoms with Crippen molar-refractivity contribution in [1.82, 2.24) is 15.2 Å². The maximum atomic E-state index is 13.1. The van der Waals surface area contributed by atoms with Gasteiger partial charge < -0.3 is 36.0 Å². The second-order valence-electron chi connectivity index (χ2n) is 9.42. The number of nitrogen functional groups attached to an aromatic ring is 1. The highest BCUT2D eigenvalue weighted by atomic mass is 32.2. The number of thioether (sulfide) groups is 1. The summed E-state index contributed by atoms with van der Waals surface area (Å²) in [6.07, 6.45) is 2.08. The molecule has 4 fully saturated rings. The Bertz CT molecular complexity index is 1130. The van der Waals surface area contributed by atoms with Gasteiger partial charge in [-0.2, -0.15) is 0 Å². The lowest BCUT2D eigenvalue weighted by atomic mass is 9.81. The molecule has 5 aliphatic rings. The number of thiazole rings is 1. The summed E-state index contributed by atoms with van der Waals surface area (Å²) in [7, 11) is 1.29. The van der Waals surface area contributed by atoms with Gasteiger partial charge in [0.2, 0.25) is 0 Å². The van der Waals surface area contributed by atoms with Crippen LogP contribution in [0.1, 0.15) is 18.5 Å². The average molecular weight is 522 g/mol. The van der Waals surface area contributed by atoms with Crippen LogP contribution in [0, 0.1) is 5.92 Å². The summed E-state index contributed by atoms with van der Waals surface area (Å²) < 4.78 is 0.755. The Hall–Kier alpha value is -2.68. The number of carbonyl (C=O) groups excluding carboxylic acids is 3. The van der Waals surface area contributed by atoms with E-state index in [0.29, 0.717) is 23.8 Å². The van der Waals surface area contributed by atoms with Gasteiger partial charge in [0.1, 0.15) is 30.8 Å². The van der Waals surface area contributed by atoms with Crippen LogP contribution in [-0.4, -0.2) is 94.4 Å². The van der Waals surface area contributed by atoms with Crippen molar-refractivity contribution in [2.45, 2.75) is 30.3 Å². The lowest BCUT2D eigenvalue weighted by Crippen LogP contribution is -2.72. The molecule has 0 radical (unpaired) electrons. The minimum atomic E-state index is -1.38. The van der Waals surface area contributed by atoms with Crippen molar-refractivity contribution in [1.29, 1.82) is 0 Å². The number of nitrogens with one attached hydrogen (secondary N) is 1. The van der Waals surface area contributed by atoms with E-state index in [9.17, 15) is 19.5 Å². The van der Waals surface area contributed by atoms with Gasteiger partial charge >= 0.3 is 0 Å². The topological polar surface area (TPSA) is 176 Å². The summed E-state index contributed by atoms with van der Waals surface area (Å²) in [6, 6.07) is -0.789. The van der Waals surface area contributed by atoms with E-state index in [1.807, 2.05) is 0 Å². The van der Waals surface area contributed by atoms with Gasteiger partial charge in [-0.05, 0) is 5.92 Å². The SMILES string of the molecule is CO/N=C(\C(=O)N[C@@H]1C(=O)N2C(C(=O)[O-])=C(C[N+]34CCC(CC3)C(N)C4)CS[C@H]12)c1csc(N)n1. The number of nitrogens with two attached hydrogens (primary N) is 2. The molecule has 5 aliphatic heterocycles. The minimum absolute atomic E-state index is 0.0731.